The third-order valence-electron chi connectivity index (χ3n) is 0.317. The summed E-state index contributed by atoms with van der Waals surface area (Å²) < 4.78 is 3.84. The van der Waals surface area contributed by atoms with Crippen molar-refractivity contribution in [3.8, 4) is 0 Å². The molecule has 5 nitrogen and oxygen atoms in total. The predicted molar refractivity (Wildman–Crippen MR) is 23.3 cm³/mol. The van der Waals surface area contributed by atoms with Crippen molar-refractivity contribution < 1.29 is 14.5 Å². The SMILES string of the molecule is O=COC=C[N+](=O)[O-]. The summed E-state index contributed by atoms with van der Waals surface area (Å²) in [4.78, 5) is 18.0. The van der Waals surface area contributed by atoms with Crippen LogP contribution >= 0.6 is 0 Å². The molecule has 0 spiro atoms. The molecule has 0 heterocycles. The topological polar surface area (TPSA) is 69.4 Å². The van der Waals surface area contributed by atoms with Gasteiger partial charge >= 0.3 is 0 Å². The van der Waals surface area contributed by atoms with Crippen LogP contribution in [-0.4, -0.2) is 11.4 Å². The smallest absolute Gasteiger partial charge is 0.298 e. The van der Waals surface area contributed by atoms with Gasteiger partial charge in [0.15, 0.2) is 6.26 Å². The third kappa shape index (κ3) is 4.61. The van der Waals surface area contributed by atoms with Crippen molar-refractivity contribution in [3.63, 3.8) is 0 Å². The molecule has 0 atom stereocenters. The van der Waals surface area contributed by atoms with Crippen molar-refractivity contribution in [3.05, 3.63) is 22.6 Å². The zero-order chi connectivity index (χ0) is 6.41. The number of nitro groups is 1. The van der Waals surface area contributed by atoms with Crippen molar-refractivity contribution in [2.75, 3.05) is 0 Å². The van der Waals surface area contributed by atoms with Crippen molar-refractivity contribution in [1.29, 1.82) is 0 Å². The molecule has 0 fully saturated rings. The summed E-state index contributed by atoms with van der Waals surface area (Å²) in [5.74, 6) is 0. The average Bonchev–Trinajstić information content (AvgIpc) is 1.66. The lowest BCUT2D eigenvalue weighted by Crippen LogP contribution is -1.83. The molecule has 0 aliphatic rings. The second-order valence-corrected chi connectivity index (χ2v) is 0.803. The molecule has 44 valence electrons. The Bertz CT molecular complexity index is 118. The summed E-state index contributed by atoms with van der Waals surface area (Å²) in [5.41, 5.74) is 0. The number of rotatable bonds is 3. The highest BCUT2D eigenvalue weighted by Crippen LogP contribution is 1.72. The Morgan fingerprint density at radius 1 is 1.62 bits per heavy atom. The van der Waals surface area contributed by atoms with E-state index in [1.54, 1.807) is 0 Å². The summed E-state index contributed by atoms with van der Waals surface area (Å²) >= 11 is 0. The van der Waals surface area contributed by atoms with E-state index in [1.807, 2.05) is 0 Å². The zero-order valence-corrected chi connectivity index (χ0v) is 3.81. The van der Waals surface area contributed by atoms with Crippen LogP contribution in [-0.2, 0) is 9.53 Å². The maximum absolute atomic E-state index is 9.40. The van der Waals surface area contributed by atoms with Crippen LogP contribution in [0.15, 0.2) is 12.5 Å². The normalized spacial score (nSPS) is 9.00. The first-order valence-corrected chi connectivity index (χ1v) is 1.66. The first-order chi connectivity index (χ1) is 3.77. The Balaban J connectivity index is 3.34. The maximum Gasteiger partial charge on any atom is 0.298 e. The van der Waals surface area contributed by atoms with Gasteiger partial charge in [-0.1, -0.05) is 0 Å². The Morgan fingerprint density at radius 2 is 2.25 bits per heavy atom. The molecule has 0 saturated heterocycles. The molecular weight excluding hydrogens is 114 g/mol. The fourth-order valence-corrected chi connectivity index (χ4v) is 0.117. The lowest BCUT2D eigenvalue weighted by molar-refractivity contribution is -0.403. The summed E-state index contributed by atoms with van der Waals surface area (Å²) in [5, 5.41) is 9.40. The predicted octanol–water partition coefficient (Wildman–Crippen LogP) is -0.0927. The van der Waals surface area contributed by atoms with E-state index in [1.165, 1.54) is 0 Å². The summed E-state index contributed by atoms with van der Waals surface area (Å²) in [6.45, 7) is 0.0972. The van der Waals surface area contributed by atoms with E-state index in [9.17, 15) is 14.9 Å². The Hall–Kier alpha value is -1.39. The number of carbonyl (C=O) groups is 1. The fraction of sp³-hybridized carbons (Fsp3) is 0. The maximum atomic E-state index is 9.40. The minimum absolute atomic E-state index is 0.0972. The third-order valence-corrected chi connectivity index (χ3v) is 0.317. The molecule has 0 radical (unpaired) electrons. The summed E-state index contributed by atoms with van der Waals surface area (Å²) in [6.07, 6.45) is 1.21. The molecule has 0 saturated carbocycles. The molecule has 0 aromatic carbocycles. The van der Waals surface area contributed by atoms with Gasteiger partial charge in [0.1, 0.15) is 0 Å². The van der Waals surface area contributed by atoms with Gasteiger partial charge in [-0.05, 0) is 0 Å². The lowest BCUT2D eigenvalue weighted by atomic mass is 11.0. The van der Waals surface area contributed by atoms with E-state index in [2.05, 4.69) is 4.74 Å². The number of hydrogen-bond acceptors (Lipinski definition) is 4. The first kappa shape index (κ1) is 6.61. The standard InChI is InChI=1S/C3H3NO4/c5-3-8-2-1-4(6)7/h1-3H. The van der Waals surface area contributed by atoms with Crippen LogP contribution in [0.3, 0.4) is 0 Å². The van der Waals surface area contributed by atoms with Gasteiger partial charge in [-0.3, -0.25) is 14.9 Å². The van der Waals surface area contributed by atoms with E-state index in [0.717, 1.165) is 0 Å². The second-order valence-electron chi connectivity index (χ2n) is 0.803. The number of ether oxygens (including phenoxy) is 1. The molecule has 0 aliphatic carbocycles. The van der Waals surface area contributed by atoms with Gasteiger partial charge in [0, 0.05) is 0 Å². The molecule has 0 aliphatic heterocycles. The quantitative estimate of drug-likeness (QED) is 0.224. The second kappa shape index (κ2) is 3.79. The van der Waals surface area contributed by atoms with E-state index in [4.69, 9.17) is 0 Å². The highest BCUT2D eigenvalue weighted by atomic mass is 16.6. The lowest BCUT2D eigenvalue weighted by Gasteiger charge is -1.76. The van der Waals surface area contributed by atoms with E-state index >= 15 is 0 Å². The average molecular weight is 117 g/mol. The van der Waals surface area contributed by atoms with Crippen LogP contribution in [0.25, 0.3) is 0 Å². The number of carbonyl (C=O) groups excluding carboxylic acids is 1. The fourth-order valence-electron chi connectivity index (χ4n) is 0.117. The molecule has 5 heteroatoms. The van der Waals surface area contributed by atoms with Gasteiger partial charge < -0.3 is 4.74 Å². The Kier molecular flexibility index (Phi) is 3.13. The summed E-state index contributed by atoms with van der Waals surface area (Å²) in [6, 6.07) is 0. The van der Waals surface area contributed by atoms with Gasteiger partial charge in [-0.25, -0.2) is 0 Å². The number of hydrogen-bond donors (Lipinski definition) is 0. The first-order valence-electron chi connectivity index (χ1n) is 1.66. The monoisotopic (exact) mass is 117 g/mol. The van der Waals surface area contributed by atoms with Crippen molar-refractivity contribution in [2.45, 2.75) is 0 Å². The molecule has 0 N–H and O–H groups in total. The minimum Gasteiger partial charge on any atom is -0.430 e. The molecule has 0 aromatic rings. The highest BCUT2D eigenvalue weighted by molar-refractivity contribution is 5.38. The van der Waals surface area contributed by atoms with Crippen LogP contribution in [0.1, 0.15) is 0 Å². The zero-order valence-electron chi connectivity index (χ0n) is 3.81. The van der Waals surface area contributed by atoms with Gasteiger partial charge in [0.25, 0.3) is 12.7 Å². The minimum atomic E-state index is -0.733. The van der Waals surface area contributed by atoms with Crippen LogP contribution < -0.4 is 0 Å². The molecule has 8 heavy (non-hydrogen) atoms. The Morgan fingerprint density at radius 3 is 2.62 bits per heavy atom. The molecular formula is C3H3NO4. The number of nitrogens with zero attached hydrogens (tertiary/aromatic N) is 1. The highest BCUT2D eigenvalue weighted by Gasteiger charge is 1.80. The molecule has 0 unspecified atom stereocenters. The van der Waals surface area contributed by atoms with Crippen LogP contribution in [0.4, 0.5) is 0 Å². The Labute approximate surface area is 44.7 Å². The molecule has 0 amide bonds. The summed E-state index contributed by atoms with van der Waals surface area (Å²) in [7, 11) is 0. The van der Waals surface area contributed by atoms with Crippen molar-refractivity contribution >= 4 is 6.47 Å². The molecule has 0 aromatic heterocycles. The van der Waals surface area contributed by atoms with Crippen LogP contribution in [0.2, 0.25) is 0 Å². The van der Waals surface area contributed by atoms with Crippen LogP contribution in [0.5, 0.6) is 0 Å². The van der Waals surface area contributed by atoms with Crippen molar-refractivity contribution in [2.24, 2.45) is 0 Å². The van der Waals surface area contributed by atoms with E-state index < -0.39 is 4.92 Å². The van der Waals surface area contributed by atoms with E-state index in [0.29, 0.717) is 12.5 Å². The van der Waals surface area contributed by atoms with Gasteiger partial charge in [-0.2, -0.15) is 0 Å². The van der Waals surface area contributed by atoms with Crippen molar-refractivity contribution in [1.82, 2.24) is 0 Å². The molecule has 0 bridgehead atoms. The van der Waals surface area contributed by atoms with Gasteiger partial charge in [0.2, 0.25) is 0 Å². The van der Waals surface area contributed by atoms with Gasteiger partial charge in [-0.15, -0.1) is 0 Å². The molecule has 0 rings (SSSR count). The van der Waals surface area contributed by atoms with Crippen LogP contribution in [0, 0.1) is 10.1 Å². The van der Waals surface area contributed by atoms with Gasteiger partial charge in [0.05, 0.1) is 4.92 Å². The van der Waals surface area contributed by atoms with E-state index in [-0.39, 0.29) is 6.47 Å². The largest absolute Gasteiger partial charge is 0.430 e.